The molecule has 0 aromatic heterocycles. The second-order valence-corrected chi connectivity index (χ2v) is 4.53. The van der Waals surface area contributed by atoms with Crippen LogP contribution < -0.4 is 0 Å². The highest BCUT2D eigenvalue weighted by molar-refractivity contribution is 7.84. The first-order valence-corrected chi connectivity index (χ1v) is 6.21. The molecule has 72 valence electrons. The zero-order valence-electron chi connectivity index (χ0n) is 7.97. The van der Waals surface area contributed by atoms with Crippen LogP contribution in [0.4, 0.5) is 0 Å². The minimum atomic E-state index is -0.666. The predicted octanol–water partition coefficient (Wildman–Crippen LogP) is 1.90. The normalized spacial score (nSPS) is 12.8. The molecule has 0 N–H and O–H groups in total. The van der Waals surface area contributed by atoms with Crippen molar-refractivity contribution >= 4 is 16.6 Å². The summed E-state index contributed by atoms with van der Waals surface area (Å²) in [6.07, 6.45) is 6.05. The van der Waals surface area contributed by atoms with Gasteiger partial charge in [0.15, 0.2) is 0 Å². The Morgan fingerprint density at radius 3 is 2.42 bits per heavy atom. The maximum absolute atomic E-state index is 10.8. The summed E-state index contributed by atoms with van der Waals surface area (Å²) in [6.45, 7) is 1.89. The highest BCUT2D eigenvalue weighted by atomic mass is 32.2. The molecule has 0 bridgehead atoms. The van der Waals surface area contributed by atoms with E-state index in [4.69, 9.17) is 0 Å². The average Bonchev–Trinajstić information content (AvgIpc) is 2.03. The van der Waals surface area contributed by atoms with Gasteiger partial charge in [0, 0.05) is 35.6 Å². The lowest BCUT2D eigenvalue weighted by Gasteiger charge is -1.97. The fraction of sp³-hybridized carbons (Fsp3) is 0.889. The summed E-state index contributed by atoms with van der Waals surface area (Å²) in [5.41, 5.74) is 0. The van der Waals surface area contributed by atoms with Gasteiger partial charge in [-0.1, -0.05) is 13.3 Å². The number of rotatable bonds is 7. The molecule has 1 unspecified atom stereocenters. The summed E-state index contributed by atoms with van der Waals surface area (Å²) in [7, 11) is -0.666. The third-order valence-corrected chi connectivity index (χ3v) is 2.65. The lowest BCUT2D eigenvalue weighted by Crippen LogP contribution is -1.97. The van der Waals surface area contributed by atoms with Crippen LogP contribution in [0.15, 0.2) is 0 Å². The second kappa shape index (κ2) is 7.47. The Hall–Kier alpha value is -0.180. The van der Waals surface area contributed by atoms with Gasteiger partial charge in [0.25, 0.3) is 0 Å². The van der Waals surface area contributed by atoms with Gasteiger partial charge >= 0.3 is 0 Å². The van der Waals surface area contributed by atoms with Gasteiger partial charge in [0.2, 0.25) is 0 Å². The molecule has 0 aliphatic rings. The average molecular weight is 190 g/mol. The van der Waals surface area contributed by atoms with Crippen LogP contribution >= 0.6 is 0 Å². The monoisotopic (exact) mass is 190 g/mol. The quantitative estimate of drug-likeness (QED) is 0.575. The smallest absolute Gasteiger partial charge is 0.132 e. The van der Waals surface area contributed by atoms with Gasteiger partial charge < -0.3 is 0 Å². The summed E-state index contributed by atoms with van der Waals surface area (Å²) in [4.78, 5) is 10.8. The van der Waals surface area contributed by atoms with E-state index < -0.39 is 10.8 Å². The summed E-state index contributed by atoms with van der Waals surface area (Å²) < 4.78 is 10.6. The lowest BCUT2D eigenvalue weighted by atomic mass is 10.1. The van der Waals surface area contributed by atoms with Gasteiger partial charge in [0.05, 0.1) is 0 Å². The molecular weight excluding hydrogens is 172 g/mol. The minimum absolute atomic E-state index is 0.340. The van der Waals surface area contributed by atoms with E-state index in [0.717, 1.165) is 25.0 Å². The second-order valence-electron chi connectivity index (χ2n) is 2.98. The Labute approximate surface area is 77.2 Å². The van der Waals surface area contributed by atoms with E-state index in [1.807, 2.05) is 6.92 Å². The summed E-state index contributed by atoms with van der Waals surface area (Å²) in [6, 6.07) is 0. The molecule has 12 heavy (non-hydrogen) atoms. The molecule has 0 fully saturated rings. The Bertz CT molecular complexity index is 155. The molecule has 1 atom stereocenters. The summed E-state index contributed by atoms with van der Waals surface area (Å²) >= 11 is 0. The van der Waals surface area contributed by atoms with Crippen molar-refractivity contribution in [3.05, 3.63) is 0 Å². The standard InChI is InChI=1S/C9H18O2S/c1-3-9(10)7-5-4-6-8-12(2)11/h3-8H2,1-2H3. The number of unbranched alkanes of at least 4 members (excludes halogenated alkanes) is 2. The summed E-state index contributed by atoms with van der Waals surface area (Å²) in [5.74, 6) is 1.12. The van der Waals surface area contributed by atoms with E-state index in [-0.39, 0.29) is 0 Å². The number of ketones is 1. The third kappa shape index (κ3) is 7.92. The van der Waals surface area contributed by atoms with Gasteiger partial charge in [0.1, 0.15) is 5.78 Å². The number of Topliss-reactive ketones (excluding diaryl/α,β-unsaturated/α-hetero) is 1. The highest BCUT2D eigenvalue weighted by Gasteiger charge is 1.97. The van der Waals surface area contributed by atoms with Gasteiger partial charge in [-0.2, -0.15) is 0 Å². The first-order valence-electron chi connectivity index (χ1n) is 4.48. The molecule has 0 aromatic rings. The van der Waals surface area contributed by atoms with E-state index in [2.05, 4.69) is 0 Å². The van der Waals surface area contributed by atoms with Crippen LogP contribution in [0.2, 0.25) is 0 Å². The molecule has 0 saturated heterocycles. The van der Waals surface area contributed by atoms with Crippen LogP contribution in [0.5, 0.6) is 0 Å². The lowest BCUT2D eigenvalue weighted by molar-refractivity contribution is -0.118. The summed E-state index contributed by atoms with van der Waals surface area (Å²) in [5, 5.41) is 0. The molecule has 0 rings (SSSR count). The Morgan fingerprint density at radius 2 is 1.92 bits per heavy atom. The van der Waals surface area contributed by atoms with Crippen molar-refractivity contribution in [2.75, 3.05) is 12.0 Å². The zero-order valence-corrected chi connectivity index (χ0v) is 8.78. The molecule has 0 amide bonds. The van der Waals surface area contributed by atoms with Crippen molar-refractivity contribution in [1.29, 1.82) is 0 Å². The zero-order chi connectivity index (χ0) is 9.40. The number of carbonyl (C=O) groups excluding carboxylic acids is 1. The Kier molecular flexibility index (Phi) is 7.36. The van der Waals surface area contributed by atoms with Crippen molar-refractivity contribution in [1.82, 2.24) is 0 Å². The maximum Gasteiger partial charge on any atom is 0.132 e. The molecule has 0 aliphatic heterocycles. The Balaban J connectivity index is 3.11. The van der Waals surface area contributed by atoms with Crippen LogP contribution in [0.3, 0.4) is 0 Å². The van der Waals surface area contributed by atoms with E-state index in [9.17, 15) is 9.00 Å². The molecule has 0 saturated carbocycles. The van der Waals surface area contributed by atoms with E-state index in [1.54, 1.807) is 6.26 Å². The maximum atomic E-state index is 10.8. The van der Waals surface area contributed by atoms with Crippen LogP contribution in [0.1, 0.15) is 39.0 Å². The minimum Gasteiger partial charge on any atom is -0.300 e. The van der Waals surface area contributed by atoms with Crippen LogP contribution in [0, 0.1) is 0 Å². The van der Waals surface area contributed by atoms with E-state index in [1.165, 1.54) is 0 Å². The van der Waals surface area contributed by atoms with Gasteiger partial charge in [-0.25, -0.2) is 0 Å². The van der Waals surface area contributed by atoms with Crippen LogP contribution in [-0.2, 0) is 15.6 Å². The topological polar surface area (TPSA) is 34.1 Å². The first kappa shape index (κ1) is 11.8. The SMILES string of the molecule is CCC(=O)CCCCCS(C)=O. The largest absolute Gasteiger partial charge is 0.300 e. The first-order chi connectivity index (χ1) is 5.66. The van der Waals surface area contributed by atoms with Crippen LogP contribution in [0.25, 0.3) is 0 Å². The molecule has 0 heterocycles. The number of hydrogen-bond donors (Lipinski definition) is 0. The van der Waals surface area contributed by atoms with Crippen molar-refractivity contribution < 1.29 is 9.00 Å². The number of carbonyl (C=O) groups is 1. The van der Waals surface area contributed by atoms with Crippen LogP contribution in [-0.4, -0.2) is 22.0 Å². The highest BCUT2D eigenvalue weighted by Crippen LogP contribution is 2.02. The Morgan fingerprint density at radius 1 is 1.25 bits per heavy atom. The molecule has 3 heteroatoms. The molecular formula is C9H18O2S. The van der Waals surface area contributed by atoms with E-state index >= 15 is 0 Å². The molecule has 0 aromatic carbocycles. The van der Waals surface area contributed by atoms with Gasteiger partial charge in [-0.05, 0) is 12.8 Å². The van der Waals surface area contributed by atoms with Gasteiger partial charge in [-0.3, -0.25) is 9.00 Å². The number of hydrogen-bond acceptors (Lipinski definition) is 2. The molecule has 0 spiro atoms. The molecule has 2 nitrogen and oxygen atoms in total. The predicted molar refractivity (Wildman–Crippen MR) is 52.7 cm³/mol. The van der Waals surface area contributed by atoms with Crippen molar-refractivity contribution in [2.24, 2.45) is 0 Å². The fourth-order valence-electron chi connectivity index (χ4n) is 0.981. The van der Waals surface area contributed by atoms with Crippen molar-refractivity contribution in [2.45, 2.75) is 39.0 Å². The molecule has 0 aliphatic carbocycles. The van der Waals surface area contributed by atoms with Crippen molar-refractivity contribution in [3.8, 4) is 0 Å². The van der Waals surface area contributed by atoms with Crippen molar-refractivity contribution in [3.63, 3.8) is 0 Å². The third-order valence-electron chi connectivity index (χ3n) is 1.78. The molecule has 0 radical (unpaired) electrons. The van der Waals surface area contributed by atoms with E-state index in [0.29, 0.717) is 18.6 Å². The fourth-order valence-corrected chi connectivity index (χ4v) is 1.59. The van der Waals surface area contributed by atoms with Gasteiger partial charge in [-0.15, -0.1) is 0 Å².